The number of aliphatic hydroxyl groups is 1. The smallest absolute Gasteiger partial charge is 0.382 e. The number of hydrogen-bond donors (Lipinski definition) is 1. The molecule has 0 radical (unpaired) electrons. The van der Waals surface area contributed by atoms with E-state index < -0.39 is 35.5 Å². The molecule has 0 heterocycles. The van der Waals surface area contributed by atoms with Crippen molar-refractivity contribution in [1.29, 1.82) is 0 Å². The van der Waals surface area contributed by atoms with Gasteiger partial charge in [0.05, 0.1) is 0 Å². The number of allylic oxidation sites excluding steroid dienone is 5. The van der Waals surface area contributed by atoms with Crippen molar-refractivity contribution in [3.05, 3.63) is 34.9 Å². The quantitative estimate of drug-likeness (QED) is 0.638. The highest BCUT2D eigenvalue weighted by Crippen LogP contribution is 2.67. The van der Waals surface area contributed by atoms with Crippen molar-refractivity contribution >= 4 is 5.78 Å². The standard InChI is InChI=1S/C21H23F5O2/c1-2-18-9-7-15-14-6-4-13(27)11-12(14)3-5-16(15)17(18)8-10-19(18,28)20(22,23)21(24,25)26/h7,9,11,16-17,28H,2-6,8,10H2,1H3/t16-,17+,18?,19?/m1/s1. The summed E-state index contributed by atoms with van der Waals surface area (Å²) in [6.45, 7) is 1.58. The molecular weight excluding hydrogens is 379 g/mol. The Labute approximate surface area is 160 Å². The fourth-order valence-corrected chi connectivity index (χ4v) is 6.23. The molecule has 0 aromatic heterocycles. The van der Waals surface area contributed by atoms with E-state index in [4.69, 9.17) is 0 Å². The van der Waals surface area contributed by atoms with Gasteiger partial charge in [-0.2, -0.15) is 22.0 Å². The zero-order valence-corrected chi connectivity index (χ0v) is 15.6. The van der Waals surface area contributed by atoms with Crippen molar-refractivity contribution in [1.82, 2.24) is 0 Å². The molecule has 0 aliphatic heterocycles. The van der Waals surface area contributed by atoms with Gasteiger partial charge in [-0.3, -0.25) is 4.79 Å². The van der Waals surface area contributed by atoms with Gasteiger partial charge in [-0.25, -0.2) is 0 Å². The first-order valence-electron chi connectivity index (χ1n) is 9.81. The average Bonchev–Trinajstić information content (AvgIpc) is 2.95. The van der Waals surface area contributed by atoms with Crippen LogP contribution >= 0.6 is 0 Å². The summed E-state index contributed by atoms with van der Waals surface area (Å²) in [4.78, 5) is 11.7. The molecule has 1 fully saturated rings. The van der Waals surface area contributed by atoms with E-state index in [1.807, 2.05) is 0 Å². The van der Waals surface area contributed by atoms with E-state index in [9.17, 15) is 31.9 Å². The molecule has 2 unspecified atom stereocenters. The predicted molar refractivity (Wildman–Crippen MR) is 92.6 cm³/mol. The summed E-state index contributed by atoms with van der Waals surface area (Å²) in [5, 5.41) is 10.9. The lowest BCUT2D eigenvalue weighted by molar-refractivity contribution is -0.358. The summed E-state index contributed by atoms with van der Waals surface area (Å²) in [6, 6.07) is 0. The second kappa shape index (κ2) is 6.00. The topological polar surface area (TPSA) is 37.3 Å². The molecule has 2 nitrogen and oxygen atoms in total. The van der Waals surface area contributed by atoms with E-state index in [1.165, 1.54) is 6.08 Å². The number of alkyl halides is 5. The predicted octanol–water partition coefficient (Wildman–Crippen LogP) is 5.29. The number of hydrogen-bond acceptors (Lipinski definition) is 2. The SMILES string of the molecule is CCC12C=CC3=C4CCC(=O)C=C4CC[C@H]3[C@@H]1CCC2(O)C(F)(F)C(F)(F)F. The van der Waals surface area contributed by atoms with Crippen molar-refractivity contribution in [2.24, 2.45) is 17.3 Å². The van der Waals surface area contributed by atoms with E-state index in [0.717, 1.165) is 16.7 Å². The molecule has 154 valence electrons. The number of halogens is 5. The Hall–Kier alpha value is -1.50. The number of ketones is 1. The van der Waals surface area contributed by atoms with Gasteiger partial charge in [-0.05, 0) is 73.2 Å². The summed E-state index contributed by atoms with van der Waals surface area (Å²) in [6.07, 6.45) is 0.652. The monoisotopic (exact) mass is 402 g/mol. The molecular formula is C21H23F5O2. The van der Waals surface area contributed by atoms with Gasteiger partial charge >= 0.3 is 12.1 Å². The van der Waals surface area contributed by atoms with E-state index in [2.05, 4.69) is 0 Å². The zero-order valence-electron chi connectivity index (χ0n) is 15.6. The first kappa shape index (κ1) is 19.8. The van der Waals surface area contributed by atoms with Crippen LogP contribution in [-0.2, 0) is 4.79 Å². The maximum absolute atomic E-state index is 14.5. The summed E-state index contributed by atoms with van der Waals surface area (Å²) in [5.41, 5.74) is -1.81. The molecule has 0 aromatic carbocycles. The molecule has 4 atom stereocenters. The minimum absolute atomic E-state index is 0.0105. The van der Waals surface area contributed by atoms with Crippen LogP contribution in [0.3, 0.4) is 0 Å². The van der Waals surface area contributed by atoms with E-state index in [-0.39, 0.29) is 24.5 Å². The van der Waals surface area contributed by atoms with Crippen LogP contribution in [0.4, 0.5) is 22.0 Å². The lowest BCUT2D eigenvalue weighted by Gasteiger charge is -2.52. The normalized spacial score (nSPS) is 38.1. The molecule has 1 N–H and O–H groups in total. The highest BCUT2D eigenvalue weighted by Gasteiger charge is 2.78. The number of carbonyl (C=O) groups is 1. The number of rotatable bonds is 2. The van der Waals surface area contributed by atoms with Gasteiger partial charge in [0.25, 0.3) is 0 Å². The fourth-order valence-electron chi connectivity index (χ4n) is 6.23. The number of carbonyl (C=O) groups excluding carboxylic acids is 1. The van der Waals surface area contributed by atoms with Crippen LogP contribution < -0.4 is 0 Å². The number of fused-ring (bicyclic) bond motifs is 4. The third-order valence-electron chi connectivity index (χ3n) is 7.57. The molecule has 0 saturated heterocycles. The Balaban J connectivity index is 1.84. The van der Waals surface area contributed by atoms with Crippen molar-refractivity contribution < 1.29 is 31.9 Å². The Kier molecular flexibility index (Phi) is 4.24. The van der Waals surface area contributed by atoms with Gasteiger partial charge < -0.3 is 5.11 Å². The van der Waals surface area contributed by atoms with Crippen LogP contribution in [-0.4, -0.2) is 28.6 Å². The van der Waals surface area contributed by atoms with Crippen molar-refractivity contribution in [2.75, 3.05) is 0 Å². The third-order valence-corrected chi connectivity index (χ3v) is 7.57. The largest absolute Gasteiger partial charge is 0.456 e. The van der Waals surface area contributed by atoms with Gasteiger partial charge in [-0.15, -0.1) is 0 Å². The highest BCUT2D eigenvalue weighted by molar-refractivity contribution is 5.93. The molecule has 4 aliphatic carbocycles. The Morgan fingerprint density at radius 1 is 1.14 bits per heavy atom. The van der Waals surface area contributed by atoms with Gasteiger partial charge in [0.1, 0.15) is 5.60 Å². The second-order valence-corrected chi connectivity index (χ2v) is 8.52. The van der Waals surface area contributed by atoms with Crippen molar-refractivity contribution in [2.45, 2.75) is 69.6 Å². The van der Waals surface area contributed by atoms with Gasteiger partial charge in [-0.1, -0.05) is 19.1 Å². The van der Waals surface area contributed by atoms with Crippen LogP contribution in [0.1, 0.15) is 51.9 Å². The van der Waals surface area contributed by atoms with Crippen molar-refractivity contribution in [3.8, 4) is 0 Å². The summed E-state index contributed by atoms with van der Waals surface area (Å²) >= 11 is 0. The van der Waals surface area contributed by atoms with Crippen LogP contribution in [0.15, 0.2) is 34.9 Å². The van der Waals surface area contributed by atoms with Crippen LogP contribution in [0, 0.1) is 17.3 Å². The zero-order chi connectivity index (χ0) is 20.5. The molecule has 0 amide bonds. The minimum Gasteiger partial charge on any atom is -0.382 e. The molecule has 0 spiro atoms. The van der Waals surface area contributed by atoms with Crippen LogP contribution in [0.5, 0.6) is 0 Å². The Bertz CT molecular complexity index is 806. The van der Waals surface area contributed by atoms with Crippen molar-refractivity contribution in [3.63, 3.8) is 0 Å². The molecule has 0 aromatic rings. The maximum atomic E-state index is 14.5. The third kappa shape index (κ3) is 2.31. The van der Waals surface area contributed by atoms with Gasteiger partial charge in [0.15, 0.2) is 5.78 Å². The molecule has 4 rings (SSSR count). The lowest BCUT2D eigenvalue weighted by Crippen LogP contribution is -2.64. The van der Waals surface area contributed by atoms with Gasteiger partial charge in [0.2, 0.25) is 0 Å². The molecule has 28 heavy (non-hydrogen) atoms. The lowest BCUT2D eigenvalue weighted by atomic mass is 9.55. The van der Waals surface area contributed by atoms with Crippen LogP contribution in [0.25, 0.3) is 0 Å². The average molecular weight is 402 g/mol. The van der Waals surface area contributed by atoms with Crippen LogP contribution in [0.2, 0.25) is 0 Å². The van der Waals surface area contributed by atoms with Gasteiger partial charge in [0, 0.05) is 11.8 Å². The van der Waals surface area contributed by atoms with E-state index in [1.54, 1.807) is 19.1 Å². The molecule has 4 aliphatic rings. The Morgan fingerprint density at radius 3 is 2.50 bits per heavy atom. The second-order valence-electron chi connectivity index (χ2n) is 8.52. The molecule has 7 heteroatoms. The first-order chi connectivity index (χ1) is 13.0. The Morgan fingerprint density at radius 2 is 1.86 bits per heavy atom. The van der Waals surface area contributed by atoms with E-state index >= 15 is 0 Å². The summed E-state index contributed by atoms with van der Waals surface area (Å²) < 4.78 is 68.6. The molecule has 1 saturated carbocycles. The maximum Gasteiger partial charge on any atom is 0.456 e. The fraction of sp³-hybridized carbons (Fsp3) is 0.667. The molecule has 0 bridgehead atoms. The summed E-state index contributed by atoms with van der Waals surface area (Å²) in [5.74, 6) is -5.75. The minimum atomic E-state index is -5.81. The first-order valence-corrected chi connectivity index (χ1v) is 9.81. The van der Waals surface area contributed by atoms with E-state index in [0.29, 0.717) is 25.7 Å². The highest BCUT2D eigenvalue weighted by atomic mass is 19.4. The summed E-state index contributed by atoms with van der Waals surface area (Å²) in [7, 11) is 0.